The van der Waals surface area contributed by atoms with Crippen molar-refractivity contribution in [1.29, 1.82) is 0 Å². The number of benzene rings is 1. The molecule has 1 N–H and O–H groups in total. The van der Waals surface area contributed by atoms with Crippen LogP contribution in [0.4, 0.5) is 11.4 Å². The summed E-state index contributed by atoms with van der Waals surface area (Å²) in [5.41, 5.74) is 3.36. The van der Waals surface area contributed by atoms with E-state index in [1.165, 1.54) is 5.69 Å². The molecular formula is C15H19N3. The third kappa shape index (κ3) is 3.00. The number of hydrogen-bond acceptors (Lipinski definition) is 3. The summed E-state index contributed by atoms with van der Waals surface area (Å²) in [5, 5.41) is 3.44. The lowest BCUT2D eigenvalue weighted by atomic mass is 10.2. The number of pyridine rings is 1. The van der Waals surface area contributed by atoms with E-state index in [0.717, 1.165) is 11.4 Å². The highest BCUT2D eigenvalue weighted by Crippen LogP contribution is 2.20. The Hall–Kier alpha value is -2.03. The molecule has 0 aliphatic rings. The van der Waals surface area contributed by atoms with Gasteiger partial charge >= 0.3 is 0 Å². The molecule has 0 saturated carbocycles. The van der Waals surface area contributed by atoms with Gasteiger partial charge in [-0.15, -0.1) is 0 Å². The van der Waals surface area contributed by atoms with E-state index in [4.69, 9.17) is 0 Å². The standard InChI is InChI=1S/C15H19N3/c1-12(15-6-4-5-11-16-15)17-13-7-9-14(10-8-13)18(2)3/h4-12,17H,1-3H3/t12-/m1/s1. The van der Waals surface area contributed by atoms with Gasteiger partial charge in [-0.1, -0.05) is 6.07 Å². The van der Waals surface area contributed by atoms with Gasteiger partial charge in [0.2, 0.25) is 0 Å². The van der Waals surface area contributed by atoms with Crippen LogP contribution in [0.2, 0.25) is 0 Å². The fourth-order valence-corrected chi connectivity index (χ4v) is 1.81. The summed E-state index contributed by atoms with van der Waals surface area (Å²) in [6, 6.07) is 14.6. The van der Waals surface area contributed by atoms with E-state index in [1.54, 1.807) is 0 Å². The van der Waals surface area contributed by atoms with Gasteiger partial charge in [0.05, 0.1) is 11.7 Å². The van der Waals surface area contributed by atoms with Gasteiger partial charge in [0, 0.05) is 31.7 Å². The van der Waals surface area contributed by atoms with Gasteiger partial charge in [0.25, 0.3) is 0 Å². The molecule has 18 heavy (non-hydrogen) atoms. The molecule has 0 amide bonds. The average molecular weight is 241 g/mol. The van der Waals surface area contributed by atoms with E-state index in [9.17, 15) is 0 Å². The molecular weight excluding hydrogens is 222 g/mol. The van der Waals surface area contributed by atoms with Crippen molar-refractivity contribution in [2.45, 2.75) is 13.0 Å². The molecule has 2 rings (SSSR count). The highest BCUT2D eigenvalue weighted by molar-refractivity contribution is 5.54. The molecule has 0 spiro atoms. The van der Waals surface area contributed by atoms with Crippen molar-refractivity contribution in [3.05, 3.63) is 54.4 Å². The van der Waals surface area contributed by atoms with Crippen molar-refractivity contribution in [3.8, 4) is 0 Å². The topological polar surface area (TPSA) is 28.2 Å². The van der Waals surface area contributed by atoms with Gasteiger partial charge in [-0.3, -0.25) is 4.98 Å². The molecule has 0 saturated heterocycles. The monoisotopic (exact) mass is 241 g/mol. The van der Waals surface area contributed by atoms with Crippen LogP contribution in [0.1, 0.15) is 18.7 Å². The first kappa shape index (κ1) is 12.4. The van der Waals surface area contributed by atoms with Crippen LogP contribution in [-0.2, 0) is 0 Å². The van der Waals surface area contributed by atoms with Gasteiger partial charge in [0.1, 0.15) is 0 Å². The van der Waals surface area contributed by atoms with Crippen LogP contribution in [0.25, 0.3) is 0 Å². The Morgan fingerprint density at radius 3 is 2.33 bits per heavy atom. The minimum Gasteiger partial charge on any atom is -0.378 e. The lowest BCUT2D eigenvalue weighted by Crippen LogP contribution is -2.10. The Labute approximate surface area is 108 Å². The lowest BCUT2D eigenvalue weighted by molar-refractivity contribution is 0.839. The second-order valence-corrected chi connectivity index (χ2v) is 4.56. The van der Waals surface area contributed by atoms with Crippen LogP contribution in [0.5, 0.6) is 0 Å². The molecule has 0 fully saturated rings. The van der Waals surface area contributed by atoms with Gasteiger partial charge < -0.3 is 10.2 Å². The molecule has 0 bridgehead atoms. The second kappa shape index (κ2) is 5.54. The van der Waals surface area contributed by atoms with Crippen LogP contribution in [0.3, 0.4) is 0 Å². The molecule has 0 aliphatic heterocycles. The van der Waals surface area contributed by atoms with Gasteiger partial charge in [-0.2, -0.15) is 0 Å². The van der Waals surface area contributed by atoms with Crippen molar-refractivity contribution in [1.82, 2.24) is 4.98 Å². The molecule has 2 aromatic rings. The molecule has 0 radical (unpaired) electrons. The predicted molar refractivity (Wildman–Crippen MR) is 77.0 cm³/mol. The Morgan fingerprint density at radius 2 is 1.78 bits per heavy atom. The van der Waals surface area contributed by atoms with Gasteiger partial charge in [0.15, 0.2) is 0 Å². The number of nitrogens with zero attached hydrogens (tertiary/aromatic N) is 2. The Morgan fingerprint density at radius 1 is 1.06 bits per heavy atom. The molecule has 94 valence electrons. The van der Waals surface area contributed by atoms with E-state index in [-0.39, 0.29) is 6.04 Å². The zero-order valence-corrected chi connectivity index (χ0v) is 11.1. The maximum atomic E-state index is 4.35. The molecule has 3 heteroatoms. The van der Waals surface area contributed by atoms with Gasteiger partial charge in [-0.25, -0.2) is 0 Å². The third-order valence-electron chi connectivity index (χ3n) is 2.90. The number of hydrogen-bond donors (Lipinski definition) is 1. The van der Waals surface area contributed by atoms with E-state index >= 15 is 0 Å². The summed E-state index contributed by atoms with van der Waals surface area (Å²) in [5.74, 6) is 0. The minimum atomic E-state index is 0.205. The third-order valence-corrected chi connectivity index (χ3v) is 2.90. The molecule has 3 nitrogen and oxygen atoms in total. The Bertz CT molecular complexity index is 477. The summed E-state index contributed by atoms with van der Waals surface area (Å²) in [4.78, 5) is 6.44. The van der Waals surface area contributed by atoms with Crippen LogP contribution < -0.4 is 10.2 Å². The first-order valence-electron chi connectivity index (χ1n) is 6.11. The number of nitrogens with one attached hydrogen (secondary N) is 1. The van der Waals surface area contributed by atoms with E-state index < -0.39 is 0 Å². The van der Waals surface area contributed by atoms with E-state index in [2.05, 4.69) is 46.4 Å². The van der Waals surface area contributed by atoms with Crippen LogP contribution in [-0.4, -0.2) is 19.1 Å². The van der Waals surface area contributed by atoms with Crippen LogP contribution >= 0.6 is 0 Å². The summed E-state index contributed by atoms with van der Waals surface area (Å²) >= 11 is 0. The molecule has 1 heterocycles. The summed E-state index contributed by atoms with van der Waals surface area (Å²) in [6.45, 7) is 2.11. The molecule has 1 aromatic carbocycles. The fraction of sp³-hybridized carbons (Fsp3) is 0.267. The van der Waals surface area contributed by atoms with Crippen LogP contribution in [0.15, 0.2) is 48.7 Å². The lowest BCUT2D eigenvalue weighted by Gasteiger charge is -2.16. The molecule has 1 aromatic heterocycles. The summed E-state index contributed by atoms with van der Waals surface area (Å²) in [6.07, 6.45) is 1.82. The van der Waals surface area contributed by atoms with Crippen molar-refractivity contribution >= 4 is 11.4 Å². The Balaban J connectivity index is 2.05. The summed E-state index contributed by atoms with van der Waals surface area (Å²) in [7, 11) is 4.08. The number of aromatic nitrogens is 1. The SMILES string of the molecule is C[C@@H](Nc1ccc(N(C)C)cc1)c1ccccn1. The molecule has 0 unspecified atom stereocenters. The predicted octanol–water partition coefficient (Wildman–Crippen LogP) is 3.32. The van der Waals surface area contributed by atoms with E-state index in [1.807, 2.05) is 38.5 Å². The fourth-order valence-electron chi connectivity index (χ4n) is 1.81. The van der Waals surface area contributed by atoms with Crippen molar-refractivity contribution < 1.29 is 0 Å². The smallest absolute Gasteiger partial charge is 0.0657 e. The first-order valence-corrected chi connectivity index (χ1v) is 6.11. The zero-order valence-electron chi connectivity index (χ0n) is 11.1. The van der Waals surface area contributed by atoms with Gasteiger partial charge in [-0.05, 0) is 43.3 Å². The number of anilines is 2. The largest absolute Gasteiger partial charge is 0.378 e. The zero-order chi connectivity index (χ0) is 13.0. The second-order valence-electron chi connectivity index (χ2n) is 4.56. The van der Waals surface area contributed by atoms with Crippen molar-refractivity contribution in [2.75, 3.05) is 24.3 Å². The minimum absolute atomic E-state index is 0.205. The normalized spacial score (nSPS) is 11.9. The maximum Gasteiger partial charge on any atom is 0.0657 e. The Kier molecular flexibility index (Phi) is 3.82. The average Bonchev–Trinajstić information content (AvgIpc) is 2.40. The van der Waals surface area contributed by atoms with Crippen molar-refractivity contribution in [3.63, 3.8) is 0 Å². The van der Waals surface area contributed by atoms with Crippen molar-refractivity contribution in [2.24, 2.45) is 0 Å². The first-order chi connectivity index (χ1) is 8.66. The van der Waals surface area contributed by atoms with Crippen LogP contribution in [0, 0.1) is 0 Å². The molecule has 1 atom stereocenters. The van der Waals surface area contributed by atoms with E-state index in [0.29, 0.717) is 0 Å². The highest BCUT2D eigenvalue weighted by Gasteiger charge is 2.05. The highest BCUT2D eigenvalue weighted by atomic mass is 15.1. The molecule has 0 aliphatic carbocycles. The quantitative estimate of drug-likeness (QED) is 0.890. The maximum absolute atomic E-state index is 4.35. The number of rotatable bonds is 4. The summed E-state index contributed by atoms with van der Waals surface area (Å²) < 4.78 is 0.